The van der Waals surface area contributed by atoms with Crippen LogP contribution in [-0.4, -0.2) is 19.5 Å². The van der Waals surface area contributed by atoms with E-state index < -0.39 is 17.7 Å². The van der Waals surface area contributed by atoms with Crippen LogP contribution in [0.4, 0.5) is 8.78 Å². The van der Waals surface area contributed by atoms with Gasteiger partial charge in [0.15, 0.2) is 6.54 Å². The van der Waals surface area contributed by atoms with Crippen LogP contribution < -0.4 is 10.2 Å². The number of rotatable bonds is 6. The summed E-state index contributed by atoms with van der Waals surface area (Å²) in [5, 5.41) is 3.41. The van der Waals surface area contributed by atoms with Crippen molar-refractivity contribution in [3.8, 4) is 0 Å². The minimum absolute atomic E-state index is 0.197. The quantitative estimate of drug-likeness (QED) is 0.822. The average Bonchev–Trinajstić information content (AvgIpc) is 2.49. The summed E-state index contributed by atoms with van der Waals surface area (Å²) in [6, 6.07) is 10.3. The average molecular weight is 354 g/mol. The molecule has 2 aromatic rings. The minimum Gasteiger partial charge on any atom is -0.345 e. The molecule has 0 aromatic heterocycles. The molecule has 0 spiro atoms. The van der Waals surface area contributed by atoms with Crippen molar-refractivity contribution in [2.75, 3.05) is 13.6 Å². The molecule has 0 radical (unpaired) electrons. The lowest BCUT2D eigenvalue weighted by molar-refractivity contribution is -0.885. The zero-order valence-corrected chi connectivity index (χ0v) is 14.3. The van der Waals surface area contributed by atoms with Gasteiger partial charge in [-0.3, -0.25) is 4.79 Å². The van der Waals surface area contributed by atoms with Crippen molar-refractivity contribution in [3.63, 3.8) is 0 Å². The van der Waals surface area contributed by atoms with Gasteiger partial charge in [0.1, 0.15) is 18.2 Å². The SMILES string of the molecule is C[C@H](NC(=O)C[NH+](C)Cc1ccc(Cl)cc1)c1ccc(F)cc1F. The Morgan fingerprint density at radius 3 is 2.50 bits per heavy atom. The predicted molar refractivity (Wildman–Crippen MR) is 89.8 cm³/mol. The second-order valence-electron chi connectivity index (χ2n) is 5.89. The number of quaternary nitrogens is 1. The Labute approximate surface area is 145 Å². The molecule has 2 N–H and O–H groups in total. The Hall–Kier alpha value is -1.98. The van der Waals surface area contributed by atoms with Gasteiger partial charge in [-0.15, -0.1) is 0 Å². The Balaban J connectivity index is 1.88. The van der Waals surface area contributed by atoms with Crippen LogP contribution in [0.3, 0.4) is 0 Å². The maximum Gasteiger partial charge on any atom is 0.275 e. The summed E-state index contributed by atoms with van der Waals surface area (Å²) in [5.74, 6) is -1.50. The van der Waals surface area contributed by atoms with Crippen LogP contribution in [0.1, 0.15) is 24.1 Å². The van der Waals surface area contributed by atoms with Crippen molar-refractivity contribution in [2.24, 2.45) is 0 Å². The number of hydrogen-bond acceptors (Lipinski definition) is 1. The van der Waals surface area contributed by atoms with Crippen molar-refractivity contribution in [1.82, 2.24) is 5.32 Å². The fourth-order valence-electron chi connectivity index (χ4n) is 2.51. The van der Waals surface area contributed by atoms with E-state index in [1.165, 1.54) is 12.1 Å². The van der Waals surface area contributed by atoms with E-state index in [4.69, 9.17) is 11.6 Å². The van der Waals surface area contributed by atoms with E-state index in [2.05, 4.69) is 5.32 Å². The van der Waals surface area contributed by atoms with Crippen LogP contribution in [0, 0.1) is 11.6 Å². The highest BCUT2D eigenvalue weighted by Gasteiger charge is 2.17. The molecule has 0 saturated heterocycles. The van der Waals surface area contributed by atoms with Gasteiger partial charge in [0, 0.05) is 22.2 Å². The lowest BCUT2D eigenvalue weighted by atomic mass is 10.1. The number of nitrogens with one attached hydrogen (secondary N) is 2. The number of carbonyl (C=O) groups is 1. The van der Waals surface area contributed by atoms with Gasteiger partial charge in [-0.2, -0.15) is 0 Å². The van der Waals surface area contributed by atoms with Gasteiger partial charge in [0.05, 0.1) is 13.1 Å². The van der Waals surface area contributed by atoms with Gasteiger partial charge < -0.3 is 10.2 Å². The molecule has 0 saturated carbocycles. The highest BCUT2D eigenvalue weighted by molar-refractivity contribution is 6.30. The Bertz CT molecular complexity index is 707. The largest absolute Gasteiger partial charge is 0.345 e. The topological polar surface area (TPSA) is 33.5 Å². The van der Waals surface area contributed by atoms with Crippen molar-refractivity contribution in [1.29, 1.82) is 0 Å². The standard InChI is InChI=1S/C18H19ClF2N2O/c1-12(16-8-7-15(20)9-17(16)21)22-18(24)11-23(2)10-13-3-5-14(19)6-4-13/h3-9,12H,10-11H2,1-2H3,(H,22,24)/p+1/t12-/m0/s1. The summed E-state index contributed by atoms with van der Waals surface area (Å²) in [5.41, 5.74) is 1.34. The highest BCUT2D eigenvalue weighted by Crippen LogP contribution is 2.17. The van der Waals surface area contributed by atoms with E-state index in [9.17, 15) is 13.6 Å². The summed E-state index contributed by atoms with van der Waals surface area (Å²) < 4.78 is 26.7. The van der Waals surface area contributed by atoms with E-state index in [1.54, 1.807) is 6.92 Å². The molecular weight excluding hydrogens is 334 g/mol. The van der Waals surface area contributed by atoms with Crippen LogP contribution in [0.15, 0.2) is 42.5 Å². The molecule has 3 nitrogen and oxygen atoms in total. The molecule has 2 atom stereocenters. The molecule has 1 amide bonds. The van der Waals surface area contributed by atoms with Crippen molar-refractivity contribution >= 4 is 17.5 Å². The van der Waals surface area contributed by atoms with E-state index >= 15 is 0 Å². The molecule has 1 unspecified atom stereocenters. The smallest absolute Gasteiger partial charge is 0.275 e. The minimum atomic E-state index is -0.662. The fraction of sp³-hybridized carbons (Fsp3) is 0.278. The third kappa shape index (κ3) is 5.28. The second-order valence-corrected chi connectivity index (χ2v) is 6.33. The summed E-state index contributed by atoms with van der Waals surface area (Å²) in [4.78, 5) is 13.1. The van der Waals surface area contributed by atoms with E-state index in [0.29, 0.717) is 11.6 Å². The molecule has 0 heterocycles. The first kappa shape index (κ1) is 18.4. The lowest BCUT2D eigenvalue weighted by Gasteiger charge is -2.18. The Kier molecular flexibility index (Phi) is 6.29. The van der Waals surface area contributed by atoms with Gasteiger partial charge in [0.25, 0.3) is 5.91 Å². The first-order valence-corrected chi connectivity index (χ1v) is 8.03. The Morgan fingerprint density at radius 2 is 1.88 bits per heavy atom. The molecule has 0 aliphatic heterocycles. The maximum atomic E-state index is 13.7. The molecule has 2 aromatic carbocycles. The number of benzene rings is 2. The van der Waals surface area contributed by atoms with Crippen molar-refractivity contribution < 1.29 is 18.5 Å². The molecular formula is C18H20ClF2N2O+. The van der Waals surface area contributed by atoms with Crippen molar-refractivity contribution in [3.05, 3.63) is 70.2 Å². The molecule has 2 rings (SSSR count). The number of carbonyl (C=O) groups excluding carboxylic acids is 1. The maximum absolute atomic E-state index is 13.7. The van der Waals surface area contributed by atoms with Gasteiger partial charge in [-0.05, 0) is 25.1 Å². The monoisotopic (exact) mass is 353 g/mol. The van der Waals surface area contributed by atoms with E-state index in [-0.39, 0.29) is 18.0 Å². The Morgan fingerprint density at radius 1 is 1.21 bits per heavy atom. The molecule has 0 fully saturated rings. The zero-order valence-electron chi connectivity index (χ0n) is 13.6. The van der Waals surface area contributed by atoms with Gasteiger partial charge >= 0.3 is 0 Å². The second kappa shape index (κ2) is 8.22. The van der Waals surface area contributed by atoms with Crippen LogP contribution in [0.25, 0.3) is 0 Å². The van der Waals surface area contributed by atoms with E-state index in [0.717, 1.165) is 16.5 Å². The first-order valence-electron chi connectivity index (χ1n) is 7.65. The predicted octanol–water partition coefficient (Wildman–Crippen LogP) is 2.51. The summed E-state index contributed by atoms with van der Waals surface area (Å²) in [6.07, 6.45) is 0. The fourth-order valence-corrected chi connectivity index (χ4v) is 2.64. The summed E-state index contributed by atoms with van der Waals surface area (Å²) in [7, 11) is 1.90. The molecule has 24 heavy (non-hydrogen) atoms. The number of amides is 1. The number of likely N-dealkylation sites (N-methyl/N-ethyl adjacent to an activating group) is 1. The van der Waals surface area contributed by atoms with E-state index in [1.807, 2.05) is 31.3 Å². The van der Waals surface area contributed by atoms with Crippen LogP contribution in [0.5, 0.6) is 0 Å². The van der Waals surface area contributed by atoms with Crippen molar-refractivity contribution in [2.45, 2.75) is 19.5 Å². The van der Waals surface area contributed by atoms with Crippen LogP contribution >= 0.6 is 11.6 Å². The zero-order chi connectivity index (χ0) is 17.7. The molecule has 6 heteroatoms. The van der Waals surface area contributed by atoms with Crippen LogP contribution in [0.2, 0.25) is 5.02 Å². The van der Waals surface area contributed by atoms with Gasteiger partial charge in [-0.1, -0.05) is 29.8 Å². The molecule has 0 bridgehead atoms. The first-order chi connectivity index (χ1) is 11.3. The third-order valence-electron chi connectivity index (χ3n) is 3.69. The van der Waals surface area contributed by atoms with Gasteiger partial charge in [0.2, 0.25) is 0 Å². The summed E-state index contributed by atoms with van der Waals surface area (Å²) >= 11 is 5.85. The van der Waals surface area contributed by atoms with Crippen LogP contribution in [-0.2, 0) is 11.3 Å². The highest BCUT2D eigenvalue weighted by atomic mass is 35.5. The molecule has 128 valence electrons. The normalized spacial score (nSPS) is 13.4. The molecule has 0 aliphatic carbocycles. The third-order valence-corrected chi connectivity index (χ3v) is 3.94. The molecule has 0 aliphatic rings. The number of hydrogen-bond donors (Lipinski definition) is 2. The lowest BCUT2D eigenvalue weighted by Crippen LogP contribution is -3.08. The summed E-state index contributed by atoms with van der Waals surface area (Å²) in [6.45, 7) is 2.59. The number of halogens is 3. The van der Waals surface area contributed by atoms with Gasteiger partial charge in [-0.25, -0.2) is 8.78 Å².